The molecule has 1 heterocycles. The van der Waals surface area contributed by atoms with Crippen LogP contribution >= 0.6 is 15.9 Å². The molecule has 0 aromatic carbocycles. The summed E-state index contributed by atoms with van der Waals surface area (Å²) in [5.74, 6) is 0. The molecule has 0 unspecified atom stereocenters. The van der Waals surface area contributed by atoms with E-state index in [4.69, 9.17) is 0 Å². The zero-order valence-corrected chi connectivity index (χ0v) is 4.06. The molecule has 0 spiro atoms. The standard InChI is InChI=1S/C2H3BrO2/c3-1-2-4-5-2/h2H,1H2. The summed E-state index contributed by atoms with van der Waals surface area (Å²) in [5, 5.41) is 0.785. The van der Waals surface area contributed by atoms with E-state index in [-0.39, 0.29) is 6.29 Å². The molecule has 1 aliphatic heterocycles. The maximum atomic E-state index is 4.31. The van der Waals surface area contributed by atoms with Crippen molar-refractivity contribution in [2.75, 3.05) is 5.33 Å². The topological polar surface area (TPSA) is 25.1 Å². The molecule has 1 saturated heterocycles. The molecule has 0 bridgehead atoms. The second-order valence-electron chi connectivity index (χ2n) is 0.776. The van der Waals surface area contributed by atoms with Gasteiger partial charge in [-0.2, -0.15) is 9.78 Å². The molecular weight excluding hydrogens is 136 g/mol. The Morgan fingerprint density at radius 3 is 2.20 bits per heavy atom. The largest absolute Gasteiger partial charge is 0.234 e. The number of hydrogen-bond acceptors (Lipinski definition) is 2. The summed E-state index contributed by atoms with van der Waals surface area (Å²) in [4.78, 5) is 8.62. The van der Waals surface area contributed by atoms with Crippen LogP contribution in [0.1, 0.15) is 0 Å². The Morgan fingerprint density at radius 2 is 2.20 bits per heavy atom. The average molecular weight is 139 g/mol. The summed E-state index contributed by atoms with van der Waals surface area (Å²) in [6.07, 6.45) is 0.0509. The maximum absolute atomic E-state index is 4.31. The first-order valence-corrected chi connectivity index (χ1v) is 2.44. The summed E-state index contributed by atoms with van der Waals surface area (Å²) < 4.78 is 0. The van der Waals surface area contributed by atoms with E-state index < -0.39 is 0 Å². The third kappa shape index (κ3) is 0.869. The van der Waals surface area contributed by atoms with Gasteiger partial charge in [0.05, 0.1) is 5.33 Å². The Morgan fingerprint density at radius 1 is 1.60 bits per heavy atom. The molecule has 1 rings (SSSR count). The van der Waals surface area contributed by atoms with Gasteiger partial charge in [0.2, 0.25) is 6.29 Å². The van der Waals surface area contributed by atoms with Crippen LogP contribution in [0.5, 0.6) is 0 Å². The first-order valence-electron chi connectivity index (χ1n) is 1.31. The summed E-state index contributed by atoms with van der Waals surface area (Å²) in [6, 6.07) is 0. The van der Waals surface area contributed by atoms with Gasteiger partial charge in [0, 0.05) is 0 Å². The maximum Gasteiger partial charge on any atom is 0.234 e. The Kier molecular flexibility index (Phi) is 0.890. The molecule has 5 heavy (non-hydrogen) atoms. The van der Waals surface area contributed by atoms with Gasteiger partial charge in [-0.05, 0) is 0 Å². The van der Waals surface area contributed by atoms with Gasteiger partial charge < -0.3 is 0 Å². The third-order valence-electron chi connectivity index (χ3n) is 0.358. The minimum absolute atomic E-state index is 0.0509. The predicted molar refractivity (Wildman–Crippen MR) is 19.8 cm³/mol. The summed E-state index contributed by atoms with van der Waals surface area (Å²) in [7, 11) is 0. The van der Waals surface area contributed by atoms with E-state index >= 15 is 0 Å². The second-order valence-corrected chi connectivity index (χ2v) is 1.42. The van der Waals surface area contributed by atoms with Crippen LogP contribution in [0.4, 0.5) is 0 Å². The molecule has 0 radical (unpaired) electrons. The molecule has 0 aromatic rings. The number of halogens is 1. The van der Waals surface area contributed by atoms with Crippen molar-refractivity contribution >= 4 is 15.9 Å². The summed E-state index contributed by atoms with van der Waals surface area (Å²) >= 11 is 3.13. The Balaban J connectivity index is 2.00. The number of rotatable bonds is 1. The smallest absolute Gasteiger partial charge is 0.198 e. The lowest BCUT2D eigenvalue weighted by Crippen LogP contribution is -1.78. The third-order valence-corrected chi connectivity index (χ3v) is 0.887. The zero-order chi connectivity index (χ0) is 3.70. The molecule has 3 heteroatoms. The van der Waals surface area contributed by atoms with Gasteiger partial charge in [0.25, 0.3) is 0 Å². The highest BCUT2D eigenvalue weighted by Gasteiger charge is 2.22. The van der Waals surface area contributed by atoms with Crippen LogP contribution in [0.25, 0.3) is 0 Å². The van der Waals surface area contributed by atoms with Crippen molar-refractivity contribution in [3.05, 3.63) is 0 Å². The quantitative estimate of drug-likeness (QED) is 0.303. The van der Waals surface area contributed by atoms with E-state index in [1.54, 1.807) is 0 Å². The van der Waals surface area contributed by atoms with Gasteiger partial charge in [-0.15, -0.1) is 0 Å². The molecule has 0 atom stereocenters. The van der Waals surface area contributed by atoms with E-state index in [2.05, 4.69) is 25.7 Å². The molecule has 0 amide bonds. The van der Waals surface area contributed by atoms with Crippen molar-refractivity contribution in [3.8, 4) is 0 Å². The molecule has 1 fully saturated rings. The van der Waals surface area contributed by atoms with Gasteiger partial charge in [-0.3, -0.25) is 0 Å². The minimum Gasteiger partial charge on any atom is -0.198 e. The average Bonchev–Trinajstić information content (AvgIpc) is 2.12. The van der Waals surface area contributed by atoms with Gasteiger partial charge in [0.15, 0.2) is 0 Å². The SMILES string of the molecule is BrCC1OO1. The molecule has 2 nitrogen and oxygen atoms in total. The molecule has 0 aromatic heterocycles. The van der Waals surface area contributed by atoms with Gasteiger partial charge in [-0.25, -0.2) is 0 Å². The number of hydrogen-bond donors (Lipinski definition) is 0. The molecule has 0 saturated carbocycles. The van der Waals surface area contributed by atoms with Gasteiger partial charge >= 0.3 is 0 Å². The molecular formula is C2H3BrO2. The van der Waals surface area contributed by atoms with Gasteiger partial charge in [-0.1, -0.05) is 15.9 Å². The monoisotopic (exact) mass is 138 g/mol. The highest BCUT2D eigenvalue weighted by molar-refractivity contribution is 9.09. The molecule has 0 aliphatic carbocycles. The minimum atomic E-state index is 0.0509. The van der Waals surface area contributed by atoms with Crippen molar-refractivity contribution in [2.45, 2.75) is 6.29 Å². The van der Waals surface area contributed by atoms with Crippen molar-refractivity contribution in [3.63, 3.8) is 0 Å². The van der Waals surface area contributed by atoms with E-state index in [1.807, 2.05) is 0 Å². The highest BCUT2D eigenvalue weighted by atomic mass is 79.9. The van der Waals surface area contributed by atoms with Crippen LogP contribution in [0, 0.1) is 0 Å². The van der Waals surface area contributed by atoms with Crippen LogP contribution in [0.15, 0.2) is 0 Å². The van der Waals surface area contributed by atoms with Crippen LogP contribution in [-0.2, 0) is 9.78 Å². The lowest BCUT2D eigenvalue weighted by Gasteiger charge is -1.60. The first kappa shape index (κ1) is 3.59. The Bertz CT molecular complexity index is 34.6. The lowest BCUT2D eigenvalue weighted by atomic mass is 10.8. The fourth-order valence-electron chi connectivity index (χ4n) is 0.0907. The highest BCUT2D eigenvalue weighted by Crippen LogP contribution is 2.12. The van der Waals surface area contributed by atoms with E-state index in [0.29, 0.717) is 0 Å². The normalized spacial score (nSPS) is 23.4. The fourth-order valence-corrected chi connectivity index (χ4v) is 0.307. The first-order chi connectivity index (χ1) is 2.43. The van der Waals surface area contributed by atoms with E-state index in [9.17, 15) is 0 Å². The van der Waals surface area contributed by atoms with Crippen molar-refractivity contribution < 1.29 is 9.78 Å². The van der Waals surface area contributed by atoms with Crippen LogP contribution in [-0.4, -0.2) is 11.6 Å². The van der Waals surface area contributed by atoms with Gasteiger partial charge in [0.1, 0.15) is 0 Å². The summed E-state index contributed by atoms with van der Waals surface area (Å²) in [5.41, 5.74) is 0. The lowest BCUT2D eigenvalue weighted by molar-refractivity contribution is 0.0850. The molecule has 0 N–H and O–H groups in total. The molecule has 30 valence electrons. The molecule has 1 aliphatic rings. The van der Waals surface area contributed by atoms with Crippen molar-refractivity contribution in [1.82, 2.24) is 0 Å². The second kappa shape index (κ2) is 1.24. The van der Waals surface area contributed by atoms with Crippen LogP contribution in [0.3, 0.4) is 0 Å². The van der Waals surface area contributed by atoms with Crippen molar-refractivity contribution in [2.24, 2.45) is 0 Å². The summed E-state index contributed by atoms with van der Waals surface area (Å²) in [6.45, 7) is 0. The Hall–Kier alpha value is 0.400. The predicted octanol–water partition coefficient (Wildman–Crippen LogP) is 0.669. The fraction of sp³-hybridized carbons (Fsp3) is 1.00. The zero-order valence-electron chi connectivity index (χ0n) is 2.48. The van der Waals surface area contributed by atoms with E-state index in [0.717, 1.165) is 5.33 Å². The van der Waals surface area contributed by atoms with Crippen LogP contribution in [0.2, 0.25) is 0 Å². The Labute approximate surface area is 38.1 Å². The van der Waals surface area contributed by atoms with E-state index in [1.165, 1.54) is 0 Å². The van der Waals surface area contributed by atoms with Crippen LogP contribution < -0.4 is 0 Å². The number of alkyl halides is 1. The van der Waals surface area contributed by atoms with Crippen molar-refractivity contribution in [1.29, 1.82) is 0 Å².